The molecule has 28 heavy (non-hydrogen) atoms. The van der Waals surface area contributed by atoms with Crippen LogP contribution in [0.25, 0.3) is 0 Å². The highest BCUT2D eigenvalue weighted by Gasteiger charge is 2.38. The van der Waals surface area contributed by atoms with Crippen LogP contribution >= 0.6 is 0 Å². The average Bonchev–Trinajstić information content (AvgIpc) is 3.18. The maximum absolute atomic E-state index is 13.4. The zero-order chi connectivity index (χ0) is 20.1. The topological polar surface area (TPSA) is 89.4 Å². The van der Waals surface area contributed by atoms with Crippen LogP contribution in [0, 0.1) is 17.6 Å². The molecule has 1 aliphatic heterocycles. The van der Waals surface area contributed by atoms with Crippen LogP contribution < -0.4 is 14.8 Å². The van der Waals surface area contributed by atoms with E-state index >= 15 is 0 Å². The highest BCUT2D eigenvalue weighted by atomic mass is 32.2. The lowest BCUT2D eigenvalue weighted by atomic mass is 10.1. The molecule has 0 bridgehead atoms. The van der Waals surface area contributed by atoms with Crippen LogP contribution in [0.1, 0.15) is 29.8 Å². The number of ether oxygens (including phenoxy) is 1. The zero-order valence-electron chi connectivity index (χ0n) is 15.0. The second-order valence-electron chi connectivity index (χ2n) is 7.09. The number of carbonyl (C=O) groups excluding carboxylic acids is 1. The van der Waals surface area contributed by atoms with Gasteiger partial charge in [-0.25, -0.2) is 21.9 Å². The lowest BCUT2D eigenvalue weighted by Gasteiger charge is -2.24. The van der Waals surface area contributed by atoms with Crippen LogP contribution in [0.5, 0.6) is 5.75 Å². The number of nitrogens with one attached hydrogen (secondary N) is 2. The summed E-state index contributed by atoms with van der Waals surface area (Å²) in [5.74, 6) is -2.83. The number of benzene rings is 1. The Kier molecular flexibility index (Phi) is 4.62. The predicted octanol–water partition coefficient (Wildman–Crippen LogP) is 2.39. The highest BCUT2D eigenvalue weighted by Crippen LogP contribution is 2.36. The van der Waals surface area contributed by atoms with Crippen LogP contribution in [0.3, 0.4) is 0 Å². The predicted molar refractivity (Wildman–Crippen MR) is 96.7 cm³/mol. The van der Waals surface area contributed by atoms with E-state index in [0.717, 1.165) is 31.4 Å². The van der Waals surface area contributed by atoms with Gasteiger partial charge in [0.25, 0.3) is 5.91 Å². The molecule has 1 amide bonds. The monoisotopic (exact) mass is 411 g/mol. The molecule has 1 aromatic heterocycles. The van der Waals surface area contributed by atoms with Crippen LogP contribution in [-0.2, 0) is 17.1 Å². The van der Waals surface area contributed by atoms with E-state index in [9.17, 15) is 22.0 Å². The average molecular weight is 411 g/mol. The van der Waals surface area contributed by atoms with Gasteiger partial charge < -0.3 is 14.6 Å². The maximum Gasteiger partial charge on any atom is 0.276 e. The Morgan fingerprint density at radius 3 is 2.82 bits per heavy atom. The summed E-state index contributed by atoms with van der Waals surface area (Å²) in [5, 5.41) is 2.45. The first-order valence-corrected chi connectivity index (χ1v) is 10.4. The van der Waals surface area contributed by atoms with Gasteiger partial charge in [0.05, 0.1) is 6.61 Å². The first kappa shape index (κ1) is 18.9. The molecule has 2 N–H and O–H groups in total. The van der Waals surface area contributed by atoms with E-state index in [-0.39, 0.29) is 40.6 Å². The minimum absolute atomic E-state index is 0.0124. The standard InChI is InChI=1S/C18H19F2N3O4S/c1-23-8-15-17(27-9-10-3-2-4-14(10)22-28(15,25)26)16(23)18(24)21-11-5-6-12(19)13(20)7-11/h5-8,10,14,22H,2-4,9H2,1H3,(H,21,24). The Morgan fingerprint density at radius 1 is 1.29 bits per heavy atom. The van der Waals surface area contributed by atoms with Gasteiger partial charge in [-0.2, -0.15) is 0 Å². The Labute approximate surface area is 160 Å². The van der Waals surface area contributed by atoms with Gasteiger partial charge in [0.1, 0.15) is 4.90 Å². The third-order valence-electron chi connectivity index (χ3n) is 5.19. The molecule has 2 heterocycles. The smallest absolute Gasteiger partial charge is 0.276 e. The second-order valence-corrected chi connectivity index (χ2v) is 8.78. The summed E-state index contributed by atoms with van der Waals surface area (Å²) in [6.07, 6.45) is 3.81. The summed E-state index contributed by atoms with van der Waals surface area (Å²) in [4.78, 5) is 12.6. The molecule has 1 aliphatic carbocycles. The summed E-state index contributed by atoms with van der Waals surface area (Å²) in [6, 6.07) is 2.77. The molecular weight excluding hydrogens is 392 g/mol. The van der Waals surface area contributed by atoms with Crippen molar-refractivity contribution in [3.63, 3.8) is 0 Å². The van der Waals surface area contributed by atoms with E-state index in [1.54, 1.807) is 0 Å². The van der Waals surface area contributed by atoms with E-state index in [2.05, 4.69) is 10.0 Å². The molecule has 0 saturated heterocycles. The van der Waals surface area contributed by atoms with Gasteiger partial charge in [-0.05, 0) is 25.0 Å². The lowest BCUT2D eigenvalue weighted by Crippen LogP contribution is -2.41. The van der Waals surface area contributed by atoms with Crippen LogP contribution in [0.2, 0.25) is 0 Å². The summed E-state index contributed by atoms with van der Waals surface area (Å²) < 4.78 is 61.9. The Morgan fingerprint density at radius 2 is 2.07 bits per heavy atom. The normalized spacial score (nSPS) is 23.1. The number of sulfonamides is 1. The van der Waals surface area contributed by atoms with Crippen LogP contribution in [-0.4, -0.2) is 31.5 Å². The molecule has 0 radical (unpaired) electrons. The number of aromatic nitrogens is 1. The van der Waals surface area contributed by atoms with Crippen molar-refractivity contribution in [3.05, 3.63) is 41.7 Å². The highest BCUT2D eigenvalue weighted by molar-refractivity contribution is 7.89. The molecule has 10 heteroatoms. The summed E-state index contributed by atoms with van der Waals surface area (Å²) in [5.41, 5.74) is 0.0306. The Hall–Kier alpha value is -2.46. The minimum Gasteiger partial charge on any atom is -0.489 e. The van der Waals surface area contributed by atoms with Crippen molar-refractivity contribution in [3.8, 4) is 5.75 Å². The SMILES string of the molecule is Cn1cc2c(c1C(=O)Nc1ccc(F)c(F)c1)OCC1CCCC1NS2(=O)=O. The molecule has 1 fully saturated rings. The molecule has 150 valence electrons. The first-order chi connectivity index (χ1) is 13.3. The number of aryl methyl sites for hydroxylation is 1. The minimum atomic E-state index is -3.86. The Balaban J connectivity index is 1.70. The van der Waals surface area contributed by atoms with E-state index in [0.29, 0.717) is 0 Å². The molecule has 2 unspecified atom stereocenters. The third-order valence-corrected chi connectivity index (χ3v) is 6.67. The maximum atomic E-state index is 13.4. The number of rotatable bonds is 2. The number of anilines is 1. The summed E-state index contributed by atoms with van der Waals surface area (Å²) in [7, 11) is -2.34. The van der Waals surface area contributed by atoms with Crippen LogP contribution in [0.4, 0.5) is 14.5 Å². The van der Waals surface area contributed by atoms with Gasteiger partial charge in [0.2, 0.25) is 10.0 Å². The van der Waals surface area contributed by atoms with Gasteiger partial charge in [-0.3, -0.25) is 4.79 Å². The van der Waals surface area contributed by atoms with E-state index in [1.807, 2.05) is 0 Å². The Bertz CT molecular complexity index is 1050. The van der Waals surface area contributed by atoms with Crippen LogP contribution in [0.15, 0.2) is 29.3 Å². The summed E-state index contributed by atoms with van der Waals surface area (Å²) >= 11 is 0. The molecule has 2 atom stereocenters. The van der Waals surface area contributed by atoms with Gasteiger partial charge in [-0.15, -0.1) is 0 Å². The van der Waals surface area contributed by atoms with Gasteiger partial charge in [0.15, 0.2) is 23.1 Å². The van der Waals surface area contributed by atoms with Gasteiger partial charge in [0, 0.05) is 37.0 Å². The molecule has 1 saturated carbocycles. The lowest BCUT2D eigenvalue weighted by molar-refractivity contribution is 0.101. The number of nitrogens with zero attached hydrogens (tertiary/aromatic N) is 1. The molecule has 4 rings (SSSR count). The van der Waals surface area contributed by atoms with Crippen molar-refractivity contribution < 1.29 is 26.7 Å². The van der Waals surface area contributed by atoms with Crippen molar-refractivity contribution in [2.75, 3.05) is 11.9 Å². The molecule has 7 nitrogen and oxygen atoms in total. The fourth-order valence-corrected chi connectivity index (χ4v) is 5.31. The van der Waals surface area contributed by atoms with E-state index in [4.69, 9.17) is 4.74 Å². The molecule has 0 spiro atoms. The van der Waals surface area contributed by atoms with Crippen molar-refractivity contribution in [2.45, 2.75) is 30.2 Å². The van der Waals surface area contributed by atoms with Gasteiger partial charge >= 0.3 is 0 Å². The quantitative estimate of drug-likeness (QED) is 0.794. The van der Waals surface area contributed by atoms with Gasteiger partial charge in [-0.1, -0.05) is 6.42 Å². The van der Waals surface area contributed by atoms with Crippen molar-refractivity contribution >= 4 is 21.6 Å². The third kappa shape index (κ3) is 3.26. The fourth-order valence-electron chi connectivity index (χ4n) is 3.78. The number of hydrogen-bond acceptors (Lipinski definition) is 4. The fraction of sp³-hybridized carbons (Fsp3) is 0.389. The van der Waals surface area contributed by atoms with Crippen molar-refractivity contribution in [1.82, 2.24) is 9.29 Å². The molecule has 2 aromatic rings. The van der Waals surface area contributed by atoms with Crippen molar-refractivity contribution in [2.24, 2.45) is 13.0 Å². The number of hydrogen-bond donors (Lipinski definition) is 2. The molecule has 1 aromatic carbocycles. The molecule has 2 aliphatic rings. The number of fused-ring (bicyclic) bond motifs is 2. The molecular formula is C18H19F2N3O4S. The number of carbonyl (C=O) groups is 1. The zero-order valence-corrected chi connectivity index (χ0v) is 15.9. The number of amides is 1. The second kappa shape index (κ2) is 6.85. The van der Waals surface area contributed by atoms with E-state index in [1.165, 1.54) is 23.9 Å². The van der Waals surface area contributed by atoms with Crippen molar-refractivity contribution in [1.29, 1.82) is 0 Å². The largest absolute Gasteiger partial charge is 0.489 e. The number of halogens is 2. The first-order valence-electron chi connectivity index (χ1n) is 8.87. The van der Waals surface area contributed by atoms with E-state index < -0.39 is 27.6 Å². The summed E-state index contributed by atoms with van der Waals surface area (Å²) in [6.45, 7) is 0.287.